The van der Waals surface area contributed by atoms with Crippen molar-refractivity contribution in [3.05, 3.63) is 59.2 Å². The summed E-state index contributed by atoms with van der Waals surface area (Å²) in [5, 5.41) is 3.40. The average molecular weight is 337 g/mol. The predicted molar refractivity (Wildman–Crippen MR) is 97.7 cm³/mol. The van der Waals surface area contributed by atoms with Crippen LogP contribution in [0.4, 0.5) is 0 Å². The molecule has 0 atom stereocenters. The van der Waals surface area contributed by atoms with Crippen LogP contribution < -0.4 is 5.32 Å². The van der Waals surface area contributed by atoms with Crippen LogP contribution in [-0.2, 0) is 6.42 Å². The number of carbonyl (C=O) groups excluding carboxylic acids is 2. The van der Waals surface area contributed by atoms with E-state index >= 15 is 0 Å². The fourth-order valence-corrected chi connectivity index (χ4v) is 2.94. The zero-order valence-corrected chi connectivity index (χ0v) is 14.8. The molecule has 5 heteroatoms. The van der Waals surface area contributed by atoms with E-state index in [4.69, 9.17) is 0 Å². The SMILES string of the molecule is CC(C)(C)CNCCc1c[nH]c2c1C(=O)C(c1cccnc1)=CC2=O. The van der Waals surface area contributed by atoms with Gasteiger partial charge in [0.1, 0.15) is 0 Å². The van der Waals surface area contributed by atoms with Gasteiger partial charge in [0.2, 0.25) is 5.78 Å². The minimum Gasteiger partial charge on any atom is -0.358 e. The van der Waals surface area contributed by atoms with Gasteiger partial charge in [0, 0.05) is 36.3 Å². The number of fused-ring (bicyclic) bond motifs is 1. The Labute approximate surface area is 147 Å². The number of rotatable bonds is 5. The number of pyridine rings is 1. The van der Waals surface area contributed by atoms with Crippen molar-refractivity contribution in [2.45, 2.75) is 27.2 Å². The molecule has 1 aliphatic carbocycles. The van der Waals surface area contributed by atoms with Crippen molar-refractivity contribution in [1.29, 1.82) is 0 Å². The molecular formula is C20H23N3O2. The van der Waals surface area contributed by atoms with Gasteiger partial charge in [-0.2, -0.15) is 0 Å². The molecule has 1 aliphatic rings. The summed E-state index contributed by atoms with van der Waals surface area (Å²) in [5.41, 5.74) is 3.06. The molecule has 0 aliphatic heterocycles. The van der Waals surface area contributed by atoms with Gasteiger partial charge in [-0.1, -0.05) is 26.8 Å². The van der Waals surface area contributed by atoms with E-state index in [1.54, 1.807) is 30.7 Å². The highest BCUT2D eigenvalue weighted by molar-refractivity contribution is 6.38. The first-order chi connectivity index (χ1) is 11.9. The zero-order valence-electron chi connectivity index (χ0n) is 14.8. The number of nitrogens with one attached hydrogen (secondary N) is 2. The van der Waals surface area contributed by atoms with Gasteiger partial charge in [-0.05, 0) is 36.1 Å². The van der Waals surface area contributed by atoms with Gasteiger partial charge in [-0.15, -0.1) is 0 Å². The normalized spacial score (nSPS) is 14.4. The second-order valence-corrected chi connectivity index (χ2v) is 7.54. The van der Waals surface area contributed by atoms with Crippen LogP contribution in [0.25, 0.3) is 5.57 Å². The summed E-state index contributed by atoms with van der Waals surface area (Å²) in [6, 6.07) is 3.56. The Balaban J connectivity index is 1.80. The summed E-state index contributed by atoms with van der Waals surface area (Å²) in [6.07, 6.45) is 7.13. The minimum atomic E-state index is -0.164. The summed E-state index contributed by atoms with van der Waals surface area (Å²) < 4.78 is 0. The molecule has 2 N–H and O–H groups in total. The quantitative estimate of drug-likeness (QED) is 0.822. The summed E-state index contributed by atoms with van der Waals surface area (Å²) in [7, 11) is 0. The number of H-pyrrole nitrogens is 1. The van der Waals surface area contributed by atoms with E-state index in [9.17, 15) is 9.59 Å². The van der Waals surface area contributed by atoms with Crippen LogP contribution in [0.15, 0.2) is 36.8 Å². The Kier molecular flexibility index (Phi) is 4.68. The standard InChI is InChI=1S/C20H23N3O2/c1-20(2,3)12-22-8-6-14-11-23-18-16(24)9-15(19(25)17(14)18)13-5-4-7-21-10-13/h4-5,7,9-11,22-23H,6,8,12H2,1-3H3. The van der Waals surface area contributed by atoms with Crippen molar-refractivity contribution in [3.63, 3.8) is 0 Å². The van der Waals surface area contributed by atoms with E-state index in [-0.39, 0.29) is 17.0 Å². The van der Waals surface area contributed by atoms with Crippen molar-refractivity contribution < 1.29 is 9.59 Å². The largest absolute Gasteiger partial charge is 0.358 e. The van der Waals surface area contributed by atoms with Gasteiger partial charge in [-0.25, -0.2) is 0 Å². The smallest absolute Gasteiger partial charge is 0.203 e. The highest BCUT2D eigenvalue weighted by Crippen LogP contribution is 2.29. The van der Waals surface area contributed by atoms with Crippen molar-refractivity contribution in [2.75, 3.05) is 13.1 Å². The Bertz CT molecular complexity index is 826. The van der Waals surface area contributed by atoms with Crippen LogP contribution in [0.1, 0.15) is 52.7 Å². The maximum atomic E-state index is 12.9. The van der Waals surface area contributed by atoms with Crippen molar-refractivity contribution in [1.82, 2.24) is 15.3 Å². The Morgan fingerprint density at radius 1 is 1.24 bits per heavy atom. The number of aromatic amines is 1. The number of aromatic nitrogens is 2. The molecule has 0 spiro atoms. The molecule has 0 saturated heterocycles. The molecule has 0 unspecified atom stereocenters. The lowest BCUT2D eigenvalue weighted by molar-refractivity contribution is 0.0998. The lowest BCUT2D eigenvalue weighted by Gasteiger charge is -2.19. The third kappa shape index (κ3) is 3.77. The van der Waals surface area contributed by atoms with Gasteiger partial charge >= 0.3 is 0 Å². The molecule has 2 aromatic heterocycles. The van der Waals surface area contributed by atoms with Gasteiger partial charge in [0.15, 0.2) is 5.78 Å². The van der Waals surface area contributed by atoms with Crippen LogP contribution in [0.3, 0.4) is 0 Å². The summed E-state index contributed by atoms with van der Waals surface area (Å²) in [4.78, 5) is 32.4. The second-order valence-electron chi connectivity index (χ2n) is 7.54. The van der Waals surface area contributed by atoms with Gasteiger partial charge < -0.3 is 10.3 Å². The molecule has 0 amide bonds. The van der Waals surface area contributed by atoms with Crippen LogP contribution in [0.5, 0.6) is 0 Å². The van der Waals surface area contributed by atoms with E-state index in [1.807, 2.05) is 0 Å². The Morgan fingerprint density at radius 2 is 2.04 bits per heavy atom. The highest BCUT2D eigenvalue weighted by atomic mass is 16.1. The lowest BCUT2D eigenvalue weighted by Crippen LogP contribution is -2.28. The number of carbonyl (C=O) groups is 2. The molecule has 2 heterocycles. The predicted octanol–water partition coefficient (Wildman–Crippen LogP) is 3.05. The molecule has 25 heavy (non-hydrogen) atoms. The molecule has 0 radical (unpaired) electrons. The van der Waals surface area contributed by atoms with Gasteiger partial charge in [0.05, 0.1) is 11.3 Å². The third-order valence-electron chi connectivity index (χ3n) is 4.15. The molecule has 0 fully saturated rings. The molecule has 5 nitrogen and oxygen atoms in total. The number of hydrogen-bond donors (Lipinski definition) is 2. The number of ketones is 2. The monoisotopic (exact) mass is 337 g/mol. The number of Topliss-reactive ketones (excluding diaryl/α,β-unsaturated/α-hetero) is 1. The first-order valence-electron chi connectivity index (χ1n) is 8.49. The van der Waals surface area contributed by atoms with Crippen molar-refractivity contribution in [3.8, 4) is 0 Å². The van der Waals surface area contributed by atoms with E-state index in [2.05, 4.69) is 36.1 Å². The fraction of sp³-hybridized carbons (Fsp3) is 0.350. The molecular weight excluding hydrogens is 314 g/mol. The minimum absolute atomic E-state index is 0.116. The maximum absolute atomic E-state index is 12.9. The van der Waals surface area contributed by atoms with E-state index in [1.165, 1.54) is 6.08 Å². The third-order valence-corrected chi connectivity index (χ3v) is 4.15. The van der Waals surface area contributed by atoms with E-state index in [0.717, 1.165) is 18.7 Å². The topological polar surface area (TPSA) is 74.8 Å². The van der Waals surface area contributed by atoms with E-state index < -0.39 is 0 Å². The highest BCUT2D eigenvalue weighted by Gasteiger charge is 2.30. The van der Waals surface area contributed by atoms with Crippen molar-refractivity contribution in [2.24, 2.45) is 5.41 Å². The van der Waals surface area contributed by atoms with Crippen LogP contribution in [-0.4, -0.2) is 34.6 Å². The van der Waals surface area contributed by atoms with Gasteiger partial charge in [-0.3, -0.25) is 14.6 Å². The fourth-order valence-electron chi connectivity index (χ4n) is 2.94. The first kappa shape index (κ1) is 17.3. The van der Waals surface area contributed by atoms with Crippen molar-refractivity contribution >= 4 is 17.1 Å². The van der Waals surface area contributed by atoms with Crippen LogP contribution >= 0.6 is 0 Å². The summed E-state index contributed by atoms with van der Waals surface area (Å²) >= 11 is 0. The number of hydrogen-bond acceptors (Lipinski definition) is 4. The first-order valence-corrected chi connectivity index (χ1v) is 8.49. The van der Waals surface area contributed by atoms with E-state index in [0.29, 0.717) is 28.8 Å². The number of allylic oxidation sites excluding steroid dienone is 2. The Morgan fingerprint density at radius 3 is 2.72 bits per heavy atom. The molecule has 0 bridgehead atoms. The van der Waals surface area contributed by atoms with Gasteiger partial charge in [0.25, 0.3) is 0 Å². The summed E-state index contributed by atoms with van der Waals surface area (Å²) in [5.74, 6) is -0.281. The molecule has 130 valence electrons. The van der Waals surface area contributed by atoms with Crippen LogP contribution in [0.2, 0.25) is 0 Å². The average Bonchev–Trinajstić information content (AvgIpc) is 3.00. The molecule has 0 saturated carbocycles. The zero-order chi connectivity index (χ0) is 18.0. The number of nitrogens with zero attached hydrogens (tertiary/aromatic N) is 1. The lowest BCUT2D eigenvalue weighted by atomic mass is 9.88. The Hall–Kier alpha value is -2.53. The summed E-state index contributed by atoms with van der Waals surface area (Å²) in [6.45, 7) is 8.17. The second kappa shape index (κ2) is 6.76. The van der Waals surface area contributed by atoms with Crippen LogP contribution in [0, 0.1) is 5.41 Å². The molecule has 3 rings (SSSR count). The molecule has 0 aromatic carbocycles. The maximum Gasteiger partial charge on any atom is 0.203 e. The molecule has 2 aromatic rings.